The molecule has 0 radical (unpaired) electrons. The van der Waals surface area contributed by atoms with Crippen molar-refractivity contribution in [1.82, 2.24) is 5.32 Å². The van der Waals surface area contributed by atoms with Gasteiger partial charge in [0, 0.05) is 18.5 Å². The van der Waals surface area contributed by atoms with Crippen LogP contribution in [0, 0.1) is 11.7 Å². The lowest BCUT2D eigenvalue weighted by atomic mass is 10.2. The van der Waals surface area contributed by atoms with Crippen LogP contribution in [0.15, 0.2) is 18.2 Å². The standard InChI is InChI=1S/C13H17ClFNO/c1-9(7-16-11-3-4-11)8-17-13-5-2-10(15)6-12(13)14/h2,5-6,9,11,16H,3-4,7-8H2,1H3. The van der Waals surface area contributed by atoms with Crippen LogP contribution in [-0.2, 0) is 0 Å². The number of hydrogen-bond donors (Lipinski definition) is 1. The Labute approximate surface area is 106 Å². The van der Waals surface area contributed by atoms with Crippen molar-refractivity contribution in [2.24, 2.45) is 5.92 Å². The van der Waals surface area contributed by atoms with Crippen LogP contribution in [0.4, 0.5) is 4.39 Å². The number of nitrogens with one attached hydrogen (secondary N) is 1. The van der Waals surface area contributed by atoms with E-state index >= 15 is 0 Å². The van der Waals surface area contributed by atoms with Gasteiger partial charge in [-0.15, -0.1) is 0 Å². The van der Waals surface area contributed by atoms with Crippen molar-refractivity contribution in [2.75, 3.05) is 13.2 Å². The topological polar surface area (TPSA) is 21.3 Å². The molecule has 0 aromatic heterocycles. The van der Waals surface area contributed by atoms with Gasteiger partial charge in [-0.05, 0) is 31.0 Å². The molecule has 94 valence electrons. The lowest BCUT2D eigenvalue weighted by molar-refractivity contribution is 0.255. The van der Waals surface area contributed by atoms with Crippen molar-refractivity contribution in [3.05, 3.63) is 29.0 Å². The average molecular weight is 258 g/mol. The number of rotatable bonds is 6. The number of halogens is 2. The largest absolute Gasteiger partial charge is 0.492 e. The summed E-state index contributed by atoms with van der Waals surface area (Å²) >= 11 is 5.87. The zero-order valence-corrected chi connectivity index (χ0v) is 10.6. The Hall–Kier alpha value is -0.800. The molecule has 0 bridgehead atoms. The molecule has 1 saturated carbocycles. The summed E-state index contributed by atoms with van der Waals surface area (Å²) in [6.45, 7) is 3.65. The van der Waals surface area contributed by atoms with Gasteiger partial charge in [0.25, 0.3) is 0 Å². The Kier molecular flexibility index (Phi) is 4.24. The summed E-state index contributed by atoms with van der Waals surface area (Å²) < 4.78 is 18.4. The smallest absolute Gasteiger partial charge is 0.138 e. The van der Waals surface area contributed by atoms with Gasteiger partial charge in [-0.1, -0.05) is 18.5 Å². The first-order chi connectivity index (χ1) is 8.15. The highest BCUT2D eigenvalue weighted by molar-refractivity contribution is 6.32. The van der Waals surface area contributed by atoms with Gasteiger partial charge in [-0.3, -0.25) is 0 Å². The number of hydrogen-bond acceptors (Lipinski definition) is 2. The molecule has 0 aliphatic heterocycles. The first-order valence-electron chi connectivity index (χ1n) is 5.96. The SMILES string of the molecule is CC(CNC1CC1)COc1ccc(F)cc1Cl. The third-order valence-corrected chi connectivity index (χ3v) is 3.04. The molecule has 1 unspecified atom stereocenters. The van der Waals surface area contributed by atoms with E-state index in [1.165, 1.54) is 25.0 Å². The summed E-state index contributed by atoms with van der Waals surface area (Å²) in [5.41, 5.74) is 0. The highest BCUT2D eigenvalue weighted by Crippen LogP contribution is 2.25. The van der Waals surface area contributed by atoms with Gasteiger partial charge in [0.05, 0.1) is 11.6 Å². The van der Waals surface area contributed by atoms with Crippen LogP contribution < -0.4 is 10.1 Å². The highest BCUT2D eigenvalue weighted by Gasteiger charge is 2.20. The Morgan fingerprint density at radius 2 is 2.29 bits per heavy atom. The third-order valence-electron chi connectivity index (χ3n) is 2.75. The second-order valence-electron chi connectivity index (χ2n) is 4.67. The fourth-order valence-electron chi connectivity index (χ4n) is 1.54. The number of benzene rings is 1. The van der Waals surface area contributed by atoms with E-state index in [1.54, 1.807) is 6.07 Å². The molecular formula is C13H17ClFNO. The van der Waals surface area contributed by atoms with Crippen LogP contribution >= 0.6 is 11.6 Å². The fraction of sp³-hybridized carbons (Fsp3) is 0.538. The first kappa shape index (κ1) is 12.7. The zero-order chi connectivity index (χ0) is 12.3. The van der Waals surface area contributed by atoms with Gasteiger partial charge in [-0.2, -0.15) is 0 Å². The Bertz CT molecular complexity index is 382. The molecule has 2 nitrogen and oxygen atoms in total. The normalized spacial score (nSPS) is 16.9. The molecular weight excluding hydrogens is 241 g/mol. The van der Waals surface area contributed by atoms with E-state index in [0.717, 1.165) is 6.54 Å². The molecule has 1 fully saturated rings. The minimum absolute atomic E-state index is 0.326. The quantitative estimate of drug-likeness (QED) is 0.845. The van der Waals surface area contributed by atoms with E-state index in [0.29, 0.717) is 29.3 Å². The van der Waals surface area contributed by atoms with E-state index in [2.05, 4.69) is 12.2 Å². The summed E-state index contributed by atoms with van der Waals surface area (Å²) in [6, 6.07) is 4.91. The minimum Gasteiger partial charge on any atom is -0.492 e. The molecule has 1 aliphatic rings. The second kappa shape index (κ2) is 5.69. The summed E-state index contributed by atoms with van der Waals surface area (Å²) in [5.74, 6) is 0.619. The van der Waals surface area contributed by atoms with Crippen LogP contribution in [0.25, 0.3) is 0 Å². The molecule has 1 atom stereocenters. The summed E-state index contributed by atoms with van der Waals surface area (Å²) in [5, 5.41) is 3.77. The Morgan fingerprint density at radius 1 is 1.53 bits per heavy atom. The monoisotopic (exact) mass is 257 g/mol. The maximum absolute atomic E-state index is 12.8. The lowest BCUT2D eigenvalue weighted by Gasteiger charge is -2.14. The molecule has 0 spiro atoms. The zero-order valence-electron chi connectivity index (χ0n) is 9.88. The van der Waals surface area contributed by atoms with Crippen LogP contribution in [0.3, 0.4) is 0 Å². The van der Waals surface area contributed by atoms with E-state index in [9.17, 15) is 4.39 Å². The maximum Gasteiger partial charge on any atom is 0.138 e. The Balaban J connectivity index is 1.75. The van der Waals surface area contributed by atoms with Crippen LogP contribution in [-0.4, -0.2) is 19.2 Å². The van der Waals surface area contributed by atoms with Crippen LogP contribution in [0.1, 0.15) is 19.8 Å². The molecule has 1 aromatic carbocycles. The third kappa shape index (κ3) is 4.17. The van der Waals surface area contributed by atoms with Crippen molar-refractivity contribution in [2.45, 2.75) is 25.8 Å². The van der Waals surface area contributed by atoms with Crippen molar-refractivity contribution in [1.29, 1.82) is 0 Å². The summed E-state index contributed by atoms with van der Waals surface area (Å²) in [4.78, 5) is 0. The van der Waals surface area contributed by atoms with Gasteiger partial charge in [-0.25, -0.2) is 4.39 Å². The molecule has 1 N–H and O–H groups in total. The molecule has 17 heavy (non-hydrogen) atoms. The van der Waals surface area contributed by atoms with Crippen molar-refractivity contribution < 1.29 is 9.13 Å². The van der Waals surface area contributed by atoms with Gasteiger partial charge in [0.1, 0.15) is 11.6 Å². The predicted molar refractivity (Wildman–Crippen MR) is 67.1 cm³/mol. The summed E-state index contributed by atoms with van der Waals surface area (Å²) in [7, 11) is 0. The van der Waals surface area contributed by atoms with Gasteiger partial charge < -0.3 is 10.1 Å². The van der Waals surface area contributed by atoms with E-state index < -0.39 is 0 Å². The molecule has 4 heteroatoms. The minimum atomic E-state index is -0.342. The van der Waals surface area contributed by atoms with Crippen LogP contribution in [0.5, 0.6) is 5.75 Å². The fourth-order valence-corrected chi connectivity index (χ4v) is 1.76. The van der Waals surface area contributed by atoms with Gasteiger partial charge >= 0.3 is 0 Å². The van der Waals surface area contributed by atoms with Gasteiger partial charge in [0.15, 0.2) is 0 Å². The van der Waals surface area contributed by atoms with Crippen molar-refractivity contribution in [3.63, 3.8) is 0 Å². The molecule has 0 saturated heterocycles. The molecule has 1 aliphatic carbocycles. The molecule has 0 amide bonds. The average Bonchev–Trinajstić information content (AvgIpc) is 3.09. The second-order valence-corrected chi connectivity index (χ2v) is 5.08. The molecule has 1 aromatic rings. The van der Waals surface area contributed by atoms with E-state index in [1.807, 2.05) is 0 Å². The van der Waals surface area contributed by atoms with Crippen molar-refractivity contribution in [3.8, 4) is 5.75 Å². The first-order valence-corrected chi connectivity index (χ1v) is 6.34. The summed E-state index contributed by atoms with van der Waals surface area (Å²) in [6.07, 6.45) is 2.58. The lowest BCUT2D eigenvalue weighted by Crippen LogP contribution is -2.26. The molecule has 0 heterocycles. The van der Waals surface area contributed by atoms with E-state index in [4.69, 9.17) is 16.3 Å². The van der Waals surface area contributed by atoms with Crippen molar-refractivity contribution >= 4 is 11.6 Å². The predicted octanol–water partition coefficient (Wildman–Crippen LogP) is 3.25. The maximum atomic E-state index is 12.8. The number of ether oxygens (including phenoxy) is 1. The molecule has 2 rings (SSSR count). The van der Waals surface area contributed by atoms with E-state index in [-0.39, 0.29) is 5.82 Å². The van der Waals surface area contributed by atoms with Crippen LogP contribution in [0.2, 0.25) is 5.02 Å². The Morgan fingerprint density at radius 3 is 2.94 bits per heavy atom. The highest BCUT2D eigenvalue weighted by atomic mass is 35.5. The van der Waals surface area contributed by atoms with Gasteiger partial charge in [0.2, 0.25) is 0 Å².